The van der Waals surface area contributed by atoms with E-state index in [0.29, 0.717) is 13.1 Å². The van der Waals surface area contributed by atoms with Gasteiger partial charge >= 0.3 is 0 Å². The highest BCUT2D eigenvalue weighted by Gasteiger charge is 2.50. The van der Waals surface area contributed by atoms with E-state index in [4.69, 9.17) is 0 Å². The summed E-state index contributed by atoms with van der Waals surface area (Å²) in [5, 5.41) is 13.4. The summed E-state index contributed by atoms with van der Waals surface area (Å²) in [6.07, 6.45) is 1.97. The molecule has 1 atom stereocenters. The highest BCUT2D eigenvalue weighted by molar-refractivity contribution is 5.87. The van der Waals surface area contributed by atoms with Gasteiger partial charge < -0.3 is 15.3 Å². The van der Waals surface area contributed by atoms with Gasteiger partial charge in [0.25, 0.3) is 0 Å². The number of amides is 1. The van der Waals surface area contributed by atoms with Crippen LogP contribution in [0.4, 0.5) is 0 Å². The predicted octanol–water partition coefficient (Wildman–Crippen LogP) is 0.358. The van der Waals surface area contributed by atoms with E-state index in [0.717, 1.165) is 19.4 Å². The Labute approximate surface area is 97.0 Å². The summed E-state index contributed by atoms with van der Waals surface area (Å²) in [7, 11) is 0. The van der Waals surface area contributed by atoms with Gasteiger partial charge in [-0.25, -0.2) is 0 Å². The number of nitrogens with one attached hydrogen (secondary N) is 1. The fourth-order valence-corrected chi connectivity index (χ4v) is 2.55. The fourth-order valence-electron chi connectivity index (χ4n) is 2.55. The Hall–Kier alpha value is -0.610. The first-order valence-corrected chi connectivity index (χ1v) is 6.14. The molecule has 2 N–H and O–H groups in total. The standard InChI is InChI=1S/C12H22N2O2/c1-9(2)12(16)7-14(8-12)10(15)11(3)5-4-6-13-11/h9,13,16H,4-8H2,1-3H3. The van der Waals surface area contributed by atoms with Gasteiger partial charge in [0.1, 0.15) is 5.60 Å². The van der Waals surface area contributed by atoms with Crippen LogP contribution in [0.15, 0.2) is 0 Å². The average Bonchev–Trinajstić information content (AvgIpc) is 2.60. The third-order valence-electron chi connectivity index (χ3n) is 4.13. The molecule has 0 bridgehead atoms. The van der Waals surface area contributed by atoms with Crippen LogP contribution in [-0.2, 0) is 4.79 Å². The van der Waals surface area contributed by atoms with Gasteiger partial charge in [0.15, 0.2) is 0 Å². The van der Waals surface area contributed by atoms with Crippen molar-refractivity contribution < 1.29 is 9.90 Å². The summed E-state index contributed by atoms with van der Waals surface area (Å²) < 4.78 is 0. The van der Waals surface area contributed by atoms with Crippen molar-refractivity contribution in [2.75, 3.05) is 19.6 Å². The van der Waals surface area contributed by atoms with E-state index in [9.17, 15) is 9.90 Å². The molecular weight excluding hydrogens is 204 g/mol. The van der Waals surface area contributed by atoms with E-state index < -0.39 is 11.1 Å². The van der Waals surface area contributed by atoms with Gasteiger partial charge in [-0.05, 0) is 32.2 Å². The minimum absolute atomic E-state index is 0.148. The van der Waals surface area contributed by atoms with Crippen LogP contribution in [0.5, 0.6) is 0 Å². The second kappa shape index (κ2) is 3.70. The Balaban J connectivity index is 1.95. The van der Waals surface area contributed by atoms with Crippen LogP contribution in [0, 0.1) is 5.92 Å². The Morgan fingerprint density at radius 3 is 2.50 bits per heavy atom. The fraction of sp³-hybridized carbons (Fsp3) is 0.917. The first kappa shape index (κ1) is 11.9. The van der Waals surface area contributed by atoms with Crippen molar-refractivity contribution in [1.82, 2.24) is 10.2 Å². The van der Waals surface area contributed by atoms with Crippen molar-refractivity contribution in [2.45, 2.75) is 44.8 Å². The van der Waals surface area contributed by atoms with Gasteiger partial charge in [0.2, 0.25) is 5.91 Å². The summed E-state index contributed by atoms with van der Waals surface area (Å²) in [6, 6.07) is 0. The van der Waals surface area contributed by atoms with E-state index in [2.05, 4.69) is 5.32 Å². The highest BCUT2D eigenvalue weighted by atomic mass is 16.3. The lowest BCUT2D eigenvalue weighted by Gasteiger charge is -2.51. The van der Waals surface area contributed by atoms with Crippen LogP contribution in [0.25, 0.3) is 0 Å². The summed E-state index contributed by atoms with van der Waals surface area (Å²) in [5.74, 6) is 0.358. The number of likely N-dealkylation sites (tertiary alicyclic amines) is 1. The van der Waals surface area contributed by atoms with E-state index >= 15 is 0 Å². The van der Waals surface area contributed by atoms with E-state index in [1.165, 1.54) is 0 Å². The van der Waals surface area contributed by atoms with Crippen molar-refractivity contribution >= 4 is 5.91 Å². The molecule has 0 aromatic heterocycles. The minimum Gasteiger partial charge on any atom is -0.386 e. The van der Waals surface area contributed by atoms with Gasteiger partial charge in [0.05, 0.1) is 18.6 Å². The van der Waals surface area contributed by atoms with Crippen LogP contribution < -0.4 is 5.32 Å². The molecule has 2 saturated heterocycles. The highest BCUT2D eigenvalue weighted by Crippen LogP contribution is 2.32. The van der Waals surface area contributed by atoms with Crippen molar-refractivity contribution in [3.8, 4) is 0 Å². The van der Waals surface area contributed by atoms with E-state index in [1.54, 1.807) is 4.90 Å². The molecule has 0 saturated carbocycles. The monoisotopic (exact) mass is 226 g/mol. The molecule has 4 nitrogen and oxygen atoms in total. The maximum atomic E-state index is 12.2. The molecule has 0 aromatic rings. The lowest BCUT2D eigenvalue weighted by molar-refractivity contribution is -0.169. The lowest BCUT2D eigenvalue weighted by atomic mass is 9.81. The molecule has 2 aliphatic heterocycles. The number of hydrogen-bond acceptors (Lipinski definition) is 3. The smallest absolute Gasteiger partial charge is 0.242 e. The molecule has 0 radical (unpaired) electrons. The van der Waals surface area contributed by atoms with Crippen LogP contribution in [0.3, 0.4) is 0 Å². The van der Waals surface area contributed by atoms with Crippen LogP contribution in [0.1, 0.15) is 33.6 Å². The van der Waals surface area contributed by atoms with E-state index in [-0.39, 0.29) is 11.8 Å². The molecule has 1 amide bonds. The number of nitrogens with zero attached hydrogens (tertiary/aromatic N) is 1. The zero-order valence-electron chi connectivity index (χ0n) is 10.4. The topological polar surface area (TPSA) is 52.6 Å². The largest absolute Gasteiger partial charge is 0.386 e. The van der Waals surface area contributed by atoms with E-state index in [1.807, 2.05) is 20.8 Å². The first-order chi connectivity index (χ1) is 7.37. The minimum atomic E-state index is -0.662. The van der Waals surface area contributed by atoms with Gasteiger partial charge in [-0.2, -0.15) is 0 Å². The molecule has 16 heavy (non-hydrogen) atoms. The molecule has 0 spiro atoms. The van der Waals surface area contributed by atoms with Crippen LogP contribution in [-0.4, -0.2) is 46.7 Å². The molecular formula is C12H22N2O2. The zero-order chi connectivity index (χ0) is 12.0. The van der Waals surface area contributed by atoms with Crippen molar-refractivity contribution in [3.05, 3.63) is 0 Å². The molecule has 92 valence electrons. The number of β-amino-alcohol motifs (C(OH)–C–C–N with tert-alkyl or cyclic N) is 1. The number of aliphatic hydroxyl groups is 1. The third-order valence-corrected chi connectivity index (χ3v) is 4.13. The van der Waals surface area contributed by atoms with Crippen LogP contribution >= 0.6 is 0 Å². The van der Waals surface area contributed by atoms with Crippen molar-refractivity contribution in [3.63, 3.8) is 0 Å². The summed E-state index contributed by atoms with van der Waals surface area (Å²) >= 11 is 0. The maximum absolute atomic E-state index is 12.2. The molecule has 2 aliphatic rings. The number of carbonyl (C=O) groups excluding carboxylic acids is 1. The second-order valence-electron chi connectivity index (χ2n) is 5.78. The maximum Gasteiger partial charge on any atom is 0.242 e. The number of hydrogen-bond donors (Lipinski definition) is 2. The first-order valence-electron chi connectivity index (χ1n) is 6.14. The van der Waals surface area contributed by atoms with Crippen molar-refractivity contribution in [1.29, 1.82) is 0 Å². The molecule has 0 aromatic carbocycles. The molecule has 4 heteroatoms. The second-order valence-corrected chi connectivity index (χ2v) is 5.78. The van der Waals surface area contributed by atoms with Crippen LogP contribution in [0.2, 0.25) is 0 Å². The quantitative estimate of drug-likeness (QED) is 0.715. The number of rotatable bonds is 2. The Bertz CT molecular complexity index is 289. The Morgan fingerprint density at radius 1 is 1.44 bits per heavy atom. The molecule has 0 aliphatic carbocycles. The third kappa shape index (κ3) is 1.74. The summed E-state index contributed by atoms with van der Waals surface area (Å²) in [5.41, 5.74) is -1.05. The molecule has 1 unspecified atom stereocenters. The zero-order valence-corrected chi connectivity index (χ0v) is 10.4. The van der Waals surface area contributed by atoms with Gasteiger partial charge in [0, 0.05) is 0 Å². The lowest BCUT2D eigenvalue weighted by Crippen LogP contribution is -2.69. The normalized spacial score (nSPS) is 32.9. The van der Waals surface area contributed by atoms with Gasteiger partial charge in [-0.1, -0.05) is 13.8 Å². The molecule has 2 heterocycles. The molecule has 2 fully saturated rings. The van der Waals surface area contributed by atoms with Gasteiger partial charge in [-0.3, -0.25) is 4.79 Å². The SMILES string of the molecule is CC(C)C1(O)CN(C(=O)C2(C)CCCN2)C1. The van der Waals surface area contributed by atoms with Gasteiger partial charge in [-0.15, -0.1) is 0 Å². The summed E-state index contributed by atoms with van der Waals surface area (Å²) in [6.45, 7) is 7.86. The predicted molar refractivity (Wildman–Crippen MR) is 62.0 cm³/mol. The summed E-state index contributed by atoms with van der Waals surface area (Å²) in [4.78, 5) is 14.0. The Kier molecular flexibility index (Phi) is 2.75. The average molecular weight is 226 g/mol. The molecule has 2 rings (SSSR count). The van der Waals surface area contributed by atoms with Crippen molar-refractivity contribution in [2.24, 2.45) is 5.92 Å². The number of carbonyl (C=O) groups is 1. The Morgan fingerprint density at radius 2 is 2.06 bits per heavy atom.